The van der Waals surface area contributed by atoms with E-state index in [4.69, 9.17) is 5.73 Å². The summed E-state index contributed by atoms with van der Waals surface area (Å²) >= 11 is 1.57. The van der Waals surface area contributed by atoms with Crippen molar-refractivity contribution in [3.63, 3.8) is 0 Å². The van der Waals surface area contributed by atoms with E-state index in [1.54, 1.807) is 11.8 Å². The number of nitrogens with two attached hydrogens (primary N) is 1. The van der Waals surface area contributed by atoms with Gasteiger partial charge in [0, 0.05) is 5.75 Å². The Balaban J connectivity index is 2.32. The monoisotopic (exact) mass is 204 g/mol. The Hall–Kier alpha value is -1.22. The van der Waals surface area contributed by atoms with Gasteiger partial charge in [-0.25, -0.2) is 4.99 Å². The van der Waals surface area contributed by atoms with E-state index in [0.717, 1.165) is 17.0 Å². The van der Waals surface area contributed by atoms with Gasteiger partial charge in [-0.05, 0) is 18.6 Å². The molecule has 0 unspecified atom stereocenters. The maximum atomic E-state index is 5.66. The van der Waals surface area contributed by atoms with Crippen LogP contribution in [-0.2, 0) is 0 Å². The fourth-order valence-corrected chi connectivity index (χ4v) is 1.88. The van der Waals surface area contributed by atoms with Crippen LogP contribution in [0, 0.1) is 6.92 Å². The average Bonchev–Trinajstić information content (AvgIpc) is 2.19. The van der Waals surface area contributed by atoms with Gasteiger partial charge >= 0.3 is 0 Å². The minimum Gasteiger partial charge on any atom is -0.378 e. The van der Waals surface area contributed by atoms with Crippen LogP contribution in [0.15, 0.2) is 35.3 Å². The summed E-state index contributed by atoms with van der Waals surface area (Å²) in [5, 5.41) is 0.656. The Morgan fingerprint density at radius 1 is 1.29 bits per heavy atom. The summed E-state index contributed by atoms with van der Waals surface area (Å²) in [7, 11) is 0. The molecular formula is C11H12N2S. The molecule has 1 aromatic carbocycles. The summed E-state index contributed by atoms with van der Waals surface area (Å²) in [6.45, 7) is 2.08. The smallest absolute Gasteiger partial charge is 0.159 e. The number of aryl methyl sites for hydroxylation is 1. The lowest BCUT2D eigenvalue weighted by Gasteiger charge is -2.09. The molecule has 0 spiro atoms. The van der Waals surface area contributed by atoms with E-state index in [1.165, 1.54) is 5.56 Å². The van der Waals surface area contributed by atoms with Crippen molar-refractivity contribution in [1.29, 1.82) is 0 Å². The van der Waals surface area contributed by atoms with Gasteiger partial charge in [0.2, 0.25) is 0 Å². The molecule has 0 saturated carbocycles. The summed E-state index contributed by atoms with van der Waals surface area (Å²) in [6, 6.07) is 8.33. The van der Waals surface area contributed by atoms with E-state index < -0.39 is 0 Å². The minimum absolute atomic E-state index is 0.656. The van der Waals surface area contributed by atoms with Crippen LogP contribution in [0.1, 0.15) is 11.1 Å². The van der Waals surface area contributed by atoms with Crippen LogP contribution in [0.25, 0.3) is 5.70 Å². The first-order valence-corrected chi connectivity index (χ1v) is 5.48. The molecule has 2 nitrogen and oxygen atoms in total. The lowest BCUT2D eigenvalue weighted by atomic mass is 10.1. The molecule has 0 bridgehead atoms. The SMILES string of the molecule is Cc1ccc(C2=CCSC(N)=N2)cc1. The van der Waals surface area contributed by atoms with Gasteiger partial charge in [0.15, 0.2) is 5.17 Å². The quantitative estimate of drug-likeness (QED) is 0.762. The van der Waals surface area contributed by atoms with Crippen LogP contribution in [0.3, 0.4) is 0 Å². The highest BCUT2D eigenvalue weighted by Crippen LogP contribution is 2.22. The van der Waals surface area contributed by atoms with Crippen molar-refractivity contribution in [2.45, 2.75) is 6.92 Å². The van der Waals surface area contributed by atoms with Crippen molar-refractivity contribution < 1.29 is 0 Å². The Kier molecular flexibility index (Phi) is 2.59. The number of benzene rings is 1. The van der Waals surface area contributed by atoms with Gasteiger partial charge in [0.25, 0.3) is 0 Å². The van der Waals surface area contributed by atoms with Crippen molar-refractivity contribution in [3.05, 3.63) is 41.5 Å². The highest BCUT2D eigenvalue weighted by Gasteiger charge is 2.06. The van der Waals surface area contributed by atoms with Crippen molar-refractivity contribution in [3.8, 4) is 0 Å². The van der Waals surface area contributed by atoms with E-state index in [0.29, 0.717) is 5.17 Å². The predicted molar refractivity (Wildman–Crippen MR) is 63.2 cm³/mol. The van der Waals surface area contributed by atoms with E-state index in [-0.39, 0.29) is 0 Å². The first-order chi connectivity index (χ1) is 6.75. The van der Waals surface area contributed by atoms with Crippen LogP contribution < -0.4 is 5.73 Å². The molecule has 3 heteroatoms. The summed E-state index contributed by atoms with van der Waals surface area (Å²) in [6.07, 6.45) is 2.10. The molecule has 0 saturated heterocycles. The van der Waals surface area contributed by atoms with Crippen molar-refractivity contribution in [1.82, 2.24) is 0 Å². The molecule has 0 atom stereocenters. The molecule has 2 rings (SSSR count). The molecular weight excluding hydrogens is 192 g/mol. The summed E-state index contributed by atoms with van der Waals surface area (Å²) in [5.41, 5.74) is 9.05. The molecule has 1 aliphatic heterocycles. The van der Waals surface area contributed by atoms with Gasteiger partial charge in [0.1, 0.15) is 0 Å². The van der Waals surface area contributed by atoms with Crippen molar-refractivity contribution in [2.75, 3.05) is 5.75 Å². The fourth-order valence-electron chi connectivity index (χ4n) is 1.31. The van der Waals surface area contributed by atoms with Crippen LogP contribution >= 0.6 is 11.8 Å². The summed E-state index contributed by atoms with van der Waals surface area (Å²) < 4.78 is 0. The zero-order chi connectivity index (χ0) is 9.97. The third kappa shape index (κ3) is 1.99. The van der Waals surface area contributed by atoms with Gasteiger partial charge in [0.05, 0.1) is 5.70 Å². The topological polar surface area (TPSA) is 38.4 Å². The van der Waals surface area contributed by atoms with E-state index >= 15 is 0 Å². The molecule has 72 valence electrons. The van der Waals surface area contributed by atoms with Crippen molar-refractivity contribution >= 4 is 22.6 Å². The summed E-state index contributed by atoms with van der Waals surface area (Å²) in [4.78, 5) is 4.30. The highest BCUT2D eigenvalue weighted by atomic mass is 32.2. The third-order valence-electron chi connectivity index (χ3n) is 2.09. The van der Waals surface area contributed by atoms with E-state index in [9.17, 15) is 0 Å². The van der Waals surface area contributed by atoms with Crippen molar-refractivity contribution in [2.24, 2.45) is 10.7 Å². The fraction of sp³-hybridized carbons (Fsp3) is 0.182. The molecule has 1 heterocycles. The number of hydrogen-bond acceptors (Lipinski definition) is 3. The van der Waals surface area contributed by atoms with Crippen LogP contribution in [0.4, 0.5) is 0 Å². The lowest BCUT2D eigenvalue weighted by molar-refractivity contribution is 1.41. The number of aliphatic imine (C=N–C) groups is 1. The molecule has 1 aromatic rings. The minimum atomic E-state index is 0.656. The number of hydrogen-bond donors (Lipinski definition) is 1. The largest absolute Gasteiger partial charge is 0.378 e. The first kappa shape index (κ1) is 9.34. The molecule has 0 amide bonds. The van der Waals surface area contributed by atoms with Gasteiger partial charge < -0.3 is 5.73 Å². The Morgan fingerprint density at radius 3 is 2.64 bits per heavy atom. The second-order valence-electron chi connectivity index (χ2n) is 3.22. The molecule has 14 heavy (non-hydrogen) atoms. The maximum Gasteiger partial charge on any atom is 0.159 e. The zero-order valence-corrected chi connectivity index (χ0v) is 8.84. The number of rotatable bonds is 1. The van der Waals surface area contributed by atoms with Gasteiger partial charge in [-0.15, -0.1) is 0 Å². The Labute approximate surface area is 87.9 Å². The number of nitrogens with zero attached hydrogens (tertiary/aromatic N) is 1. The number of thioether (sulfide) groups is 1. The molecule has 0 aromatic heterocycles. The highest BCUT2D eigenvalue weighted by molar-refractivity contribution is 8.14. The van der Waals surface area contributed by atoms with Crippen LogP contribution in [0.2, 0.25) is 0 Å². The zero-order valence-electron chi connectivity index (χ0n) is 8.03. The predicted octanol–water partition coefficient (Wildman–Crippen LogP) is 2.40. The normalized spacial score (nSPS) is 16.1. The first-order valence-electron chi connectivity index (χ1n) is 4.50. The van der Waals surface area contributed by atoms with E-state index in [2.05, 4.69) is 42.3 Å². The summed E-state index contributed by atoms with van der Waals surface area (Å²) in [5.74, 6) is 0.915. The second kappa shape index (κ2) is 3.88. The molecule has 0 radical (unpaired) electrons. The van der Waals surface area contributed by atoms with E-state index in [1.807, 2.05) is 0 Å². The Morgan fingerprint density at radius 2 is 2.00 bits per heavy atom. The number of amidine groups is 1. The standard InChI is InChI=1S/C11H12N2S/c1-8-2-4-9(5-3-8)10-6-7-14-11(12)13-10/h2-6H,7H2,1H3,(H2,12,13). The van der Waals surface area contributed by atoms with Crippen LogP contribution in [-0.4, -0.2) is 10.9 Å². The second-order valence-corrected chi connectivity index (χ2v) is 4.26. The maximum absolute atomic E-state index is 5.66. The van der Waals surface area contributed by atoms with Gasteiger partial charge in [-0.2, -0.15) is 0 Å². The third-order valence-corrected chi connectivity index (χ3v) is 2.81. The molecule has 2 N–H and O–H groups in total. The molecule has 0 aliphatic carbocycles. The molecule has 0 fully saturated rings. The van der Waals surface area contributed by atoms with Gasteiger partial charge in [-0.1, -0.05) is 41.6 Å². The average molecular weight is 204 g/mol. The van der Waals surface area contributed by atoms with Crippen LogP contribution in [0.5, 0.6) is 0 Å². The molecule has 1 aliphatic rings. The van der Waals surface area contributed by atoms with Gasteiger partial charge in [-0.3, -0.25) is 0 Å². The Bertz CT molecular complexity index is 390. The lowest BCUT2D eigenvalue weighted by Crippen LogP contribution is -2.10.